The second kappa shape index (κ2) is 5.35. The lowest BCUT2D eigenvalue weighted by atomic mass is 10.00. The maximum Gasteiger partial charge on any atom is 0.258 e. The van der Waals surface area contributed by atoms with Crippen molar-refractivity contribution >= 4 is 0 Å². The Labute approximate surface area is 122 Å². The van der Waals surface area contributed by atoms with Gasteiger partial charge in [0.1, 0.15) is 5.82 Å². The van der Waals surface area contributed by atoms with Gasteiger partial charge < -0.3 is 10.1 Å². The van der Waals surface area contributed by atoms with Crippen LogP contribution in [0.25, 0.3) is 11.4 Å². The molecule has 2 aromatic heterocycles. The van der Waals surface area contributed by atoms with Crippen molar-refractivity contribution < 1.29 is 5.11 Å². The second-order valence-corrected chi connectivity index (χ2v) is 5.94. The van der Waals surface area contributed by atoms with Gasteiger partial charge in [0.25, 0.3) is 5.56 Å². The van der Waals surface area contributed by atoms with Gasteiger partial charge in [-0.15, -0.1) is 0 Å². The second-order valence-electron chi connectivity index (χ2n) is 5.94. The predicted molar refractivity (Wildman–Crippen MR) is 79.3 cm³/mol. The van der Waals surface area contributed by atoms with Gasteiger partial charge in [-0.25, -0.2) is 0 Å². The molecule has 0 saturated heterocycles. The van der Waals surface area contributed by atoms with Crippen LogP contribution in [0.4, 0.5) is 0 Å². The van der Waals surface area contributed by atoms with E-state index in [2.05, 4.69) is 15.1 Å². The highest BCUT2D eigenvalue weighted by atomic mass is 16.3. The largest absolute Gasteiger partial charge is 0.493 e. The minimum absolute atomic E-state index is 0.133. The minimum Gasteiger partial charge on any atom is -0.493 e. The highest BCUT2D eigenvalue weighted by Gasteiger charge is 2.25. The van der Waals surface area contributed by atoms with E-state index in [4.69, 9.17) is 0 Å². The summed E-state index contributed by atoms with van der Waals surface area (Å²) in [5.41, 5.74) is 0.906. The number of H-pyrrole nitrogens is 1. The standard InChI is InChI=1S/C15H20N4O2/c1-9(2)19-8-11(7-16-19)13-17-14(20)12(15(21)18-13)10-5-3-4-6-10/h7-10H,3-6H2,1-2H3,(H2,17,18,20,21). The average molecular weight is 288 g/mol. The fourth-order valence-corrected chi connectivity index (χ4v) is 2.93. The average Bonchev–Trinajstić information content (AvgIpc) is 3.09. The smallest absolute Gasteiger partial charge is 0.258 e. The summed E-state index contributed by atoms with van der Waals surface area (Å²) >= 11 is 0. The van der Waals surface area contributed by atoms with Crippen LogP contribution >= 0.6 is 0 Å². The van der Waals surface area contributed by atoms with E-state index in [0.29, 0.717) is 17.0 Å². The molecule has 0 atom stereocenters. The van der Waals surface area contributed by atoms with Gasteiger partial charge in [-0.05, 0) is 32.6 Å². The molecule has 0 unspecified atom stereocenters. The molecular formula is C15H20N4O2. The Hall–Kier alpha value is -2.11. The van der Waals surface area contributed by atoms with Crippen molar-refractivity contribution in [3.63, 3.8) is 0 Å². The summed E-state index contributed by atoms with van der Waals surface area (Å²) in [6, 6.07) is 0.233. The molecule has 0 aromatic carbocycles. The number of nitrogens with zero attached hydrogens (tertiary/aromatic N) is 3. The SMILES string of the molecule is CC(C)n1cc(-c2nc(O)c(C3CCCC3)c(=O)[nH]2)cn1. The lowest BCUT2D eigenvalue weighted by molar-refractivity contribution is 0.436. The first-order valence-corrected chi connectivity index (χ1v) is 7.44. The molecule has 1 saturated carbocycles. The number of aromatic nitrogens is 4. The molecule has 2 heterocycles. The lowest BCUT2D eigenvalue weighted by Crippen LogP contribution is -2.17. The van der Waals surface area contributed by atoms with Gasteiger partial charge in [0, 0.05) is 12.2 Å². The summed E-state index contributed by atoms with van der Waals surface area (Å²) in [7, 11) is 0. The number of hydrogen-bond acceptors (Lipinski definition) is 4. The Balaban J connectivity index is 1.99. The van der Waals surface area contributed by atoms with E-state index in [-0.39, 0.29) is 23.4 Å². The van der Waals surface area contributed by atoms with E-state index >= 15 is 0 Å². The number of hydrogen-bond donors (Lipinski definition) is 2. The normalized spacial score (nSPS) is 16.0. The van der Waals surface area contributed by atoms with Gasteiger partial charge >= 0.3 is 0 Å². The Kier molecular flexibility index (Phi) is 3.53. The van der Waals surface area contributed by atoms with Crippen molar-refractivity contribution in [2.75, 3.05) is 0 Å². The molecule has 1 aliphatic rings. The summed E-state index contributed by atoms with van der Waals surface area (Å²) < 4.78 is 1.79. The summed E-state index contributed by atoms with van der Waals surface area (Å²) in [6.07, 6.45) is 7.56. The van der Waals surface area contributed by atoms with Crippen LogP contribution in [0.2, 0.25) is 0 Å². The van der Waals surface area contributed by atoms with Crippen LogP contribution in [0.1, 0.15) is 57.1 Å². The predicted octanol–water partition coefficient (Wildman–Crippen LogP) is 2.58. The molecule has 3 rings (SSSR count). The first-order chi connectivity index (χ1) is 10.1. The Morgan fingerprint density at radius 3 is 2.67 bits per heavy atom. The zero-order chi connectivity index (χ0) is 15.0. The number of rotatable bonds is 3. The van der Waals surface area contributed by atoms with Crippen LogP contribution in [0.5, 0.6) is 5.88 Å². The molecule has 2 N–H and O–H groups in total. The molecule has 112 valence electrons. The van der Waals surface area contributed by atoms with Gasteiger partial charge in [-0.2, -0.15) is 10.1 Å². The fraction of sp³-hybridized carbons (Fsp3) is 0.533. The van der Waals surface area contributed by atoms with Crippen molar-refractivity contribution in [1.29, 1.82) is 0 Å². The topological polar surface area (TPSA) is 83.8 Å². The van der Waals surface area contributed by atoms with Crippen molar-refractivity contribution in [1.82, 2.24) is 19.7 Å². The van der Waals surface area contributed by atoms with Gasteiger partial charge in [0.15, 0.2) is 0 Å². The highest BCUT2D eigenvalue weighted by molar-refractivity contribution is 5.53. The van der Waals surface area contributed by atoms with Gasteiger partial charge in [0.05, 0.1) is 17.3 Å². The van der Waals surface area contributed by atoms with Crippen molar-refractivity contribution in [2.45, 2.75) is 51.5 Å². The molecule has 1 aliphatic carbocycles. The molecule has 0 bridgehead atoms. The third kappa shape index (κ3) is 2.57. The monoisotopic (exact) mass is 288 g/mol. The molecule has 1 fully saturated rings. The van der Waals surface area contributed by atoms with Gasteiger partial charge in [-0.3, -0.25) is 9.48 Å². The van der Waals surface area contributed by atoms with Crippen molar-refractivity contribution in [3.8, 4) is 17.3 Å². The number of aromatic hydroxyl groups is 1. The third-order valence-corrected chi connectivity index (χ3v) is 4.10. The van der Waals surface area contributed by atoms with Crippen LogP contribution in [0, 0.1) is 0 Å². The van der Waals surface area contributed by atoms with E-state index in [1.807, 2.05) is 20.0 Å². The quantitative estimate of drug-likeness (QED) is 0.909. The maximum atomic E-state index is 12.3. The minimum atomic E-state index is -0.235. The molecule has 0 spiro atoms. The first kappa shape index (κ1) is 13.9. The molecule has 0 amide bonds. The van der Waals surface area contributed by atoms with E-state index < -0.39 is 0 Å². The van der Waals surface area contributed by atoms with Crippen LogP contribution in [-0.4, -0.2) is 24.9 Å². The number of aromatic amines is 1. The Bertz CT molecular complexity index is 696. The highest BCUT2D eigenvalue weighted by Crippen LogP contribution is 2.35. The van der Waals surface area contributed by atoms with Gasteiger partial charge in [0.2, 0.25) is 5.88 Å². The Morgan fingerprint density at radius 2 is 2.10 bits per heavy atom. The molecule has 6 heteroatoms. The summed E-state index contributed by atoms with van der Waals surface area (Å²) in [4.78, 5) is 19.2. The van der Waals surface area contributed by atoms with E-state index in [9.17, 15) is 9.90 Å². The summed E-state index contributed by atoms with van der Waals surface area (Å²) in [6.45, 7) is 4.04. The van der Waals surface area contributed by atoms with Crippen molar-refractivity contribution in [2.24, 2.45) is 0 Å². The zero-order valence-electron chi connectivity index (χ0n) is 12.3. The fourth-order valence-electron chi connectivity index (χ4n) is 2.93. The number of nitrogens with one attached hydrogen (secondary N) is 1. The third-order valence-electron chi connectivity index (χ3n) is 4.10. The molecular weight excluding hydrogens is 268 g/mol. The van der Waals surface area contributed by atoms with Crippen LogP contribution < -0.4 is 5.56 Å². The van der Waals surface area contributed by atoms with E-state index in [1.54, 1.807) is 10.9 Å². The molecule has 0 aliphatic heterocycles. The van der Waals surface area contributed by atoms with E-state index in [1.165, 1.54) is 0 Å². The van der Waals surface area contributed by atoms with Crippen LogP contribution in [0.3, 0.4) is 0 Å². The molecule has 21 heavy (non-hydrogen) atoms. The first-order valence-electron chi connectivity index (χ1n) is 7.44. The zero-order valence-corrected chi connectivity index (χ0v) is 12.3. The van der Waals surface area contributed by atoms with Crippen molar-refractivity contribution in [3.05, 3.63) is 28.3 Å². The maximum absolute atomic E-state index is 12.3. The molecule has 0 radical (unpaired) electrons. The van der Waals surface area contributed by atoms with E-state index in [0.717, 1.165) is 25.7 Å². The van der Waals surface area contributed by atoms with Crippen LogP contribution in [-0.2, 0) is 0 Å². The summed E-state index contributed by atoms with van der Waals surface area (Å²) in [5.74, 6) is 0.359. The summed E-state index contributed by atoms with van der Waals surface area (Å²) in [5, 5.41) is 14.4. The molecule has 6 nitrogen and oxygen atoms in total. The lowest BCUT2D eigenvalue weighted by Gasteiger charge is -2.10. The Morgan fingerprint density at radius 1 is 1.38 bits per heavy atom. The van der Waals surface area contributed by atoms with Crippen LogP contribution in [0.15, 0.2) is 17.2 Å². The van der Waals surface area contributed by atoms with Gasteiger partial charge in [-0.1, -0.05) is 12.8 Å². The molecule has 2 aromatic rings.